The number of hydrogen-bond acceptors (Lipinski definition) is 4. The Kier molecular flexibility index (Phi) is 4.32. The van der Waals surface area contributed by atoms with Gasteiger partial charge in [0.15, 0.2) is 0 Å². The average Bonchev–Trinajstić information content (AvgIpc) is 2.95. The summed E-state index contributed by atoms with van der Waals surface area (Å²) in [5.74, 6) is -0.747. The van der Waals surface area contributed by atoms with Gasteiger partial charge in [0.1, 0.15) is 6.04 Å². The summed E-state index contributed by atoms with van der Waals surface area (Å²) in [4.78, 5) is 15.8. The molecule has 0 saturated carbocycles. The van der Waals surface area contributed by atoms with Crippen molar-refractivity contribution in [3.8, 4) is 0 Å². The number of carbonyl (C=O) groups is 1. The summed E-state index contributed by atoms with van der Waals surface area (Å²) in [6, 6.07) is 0.243. The summed E-state index contributed by atoms with van der Waals surface area (Å²) < 4.78 is 1.72. The van der Waals surface area contributed by atoms with Crippen LogP contribution in [0.5, 0.6) is 0 Å². The van der Waals surface area contributed by atoms with Crippen LogP contribution in [0.2, 0.25) is 0 Å². The standard InChI is InChI=1S/C14H24N4O2/c1-10(2)16(3)8-11-5-6-13(14(19)20)18(11)12-7-15-17(4)9-12/h7,9-11,13H,5-6,8H2,1-4H3,(H,19,20). The van der Waals surface area contributed by atoms with Crippen LogP contribution in [-0.4, -0.2) is 57.5 Å². The molecule has 1 aromatic rings. The molecule has 0 aliphatic carbocycles. The van der Waals surface area contributed by atoms with Crippen LogP contribution in [0.4, 0.5) is 5.69 Å². The molecule has 6 nitrogen and oxygen atoms in total. The molecule has 1 fully saturated rings. The maximum Gasteiger partial charge on any atom is 0.326 e. The van der Waals surface area contributed by atoms with E-state index in [4.69, 9.17) is 0 Å². The summed E-state index contributed by atoms with van der Waals surface area (Å²) in [6.07, 6.45) is 5.25. The molecule has 0 bridgehead atoms. The first kappa shape index (κ1) is 14.8. The first-order valence-corrected chi connectivity index (χ1v) is 7.10. The number of hydrogen-bond donors (Lipinski definition) is 1. The third-order valence-electron chi connectivity index (χ3n) is 4.16. The Balaban J connectivity index is 2.21. The van der Waals surface area contributed by atoms with Crippen LogP contribution < -0.4 is 4.90 Å². The van der Waals surface area contributed by atoms with E-state index in [1.54, 1.807) is 10.9 Å². The van der Waals surface area contributed by atoms with Gasteiger partial charge in [0.2, 0.25) is 0 Å². The van der Waals surface area contributed by atoms with Crippen LogP contribution in [0, 0.1) is 0 Å². The van der Waals surface area contributed by atoms with E-state index in [1.165, 1.54) is 0 Å². The topological polar surface area (TPSA) is 61.6 Å². The number of nitrogens with zero attached hydrogens (tertiary/aromatic N) is 4. The average molecular weight is 280 g/mol. The molecular formula is C14H24N4O2. The van der Waals surface area contributed by atoms with Gasteiger partial charge in [-0.15, -0.1) is 0 Å². The van der Waals surface area contributed by atoms with Crippen LogP contribution >= 0.6 is 0 Å². The lowest BCUT2D eigenvalue weighted by atomic mass is 10.2. The normalized spacial score (nSPS) is 23.0. The van der Waals surface area contributed by atoms with E-state index in [2.05, 4.69) is 30.9 Å². The second-order valence-electron chi connectivity index (χ2n) is 5.90. The Bertz CT molecular complexity index is 471. The molecule has 0 spiro atoms. The van der Waals surface area contributed by atoms with E-state index >= 15 is 0 Å². The van der Waals surface area contributed by atoms with Gasteiger partial charge in [0.05, 0.1) is 11.9 Å². The summed E-state index contributed by atoms with van der Waals surface area (Å²) in [7, 11) is 3.94. The van der Waals surface area contributed by atoms with Crippen molar-refractivity contribution in [2.75, 3.05) is 18.5 Å². The summed E-state index contributed by atoms with van der Waals surface area (Å²) in [6.45, 7) is 5.17. The fraction of sp³-hybridized carbons (Fsp3) is 0.714. The monoisotopic (exact) mass is 280 g/mol. The summed E-state index contributed by atoms with van der Waals surface area (Å²) in [5, 5.41) is 13.6. The van der Waals surface area contributed by atoms with Crippen LogP contribution in [0.25, 0.3) is 0 Å². The lowest BCUT2D eigenvalue weighted by Crippen LogP contribution is -2.46. The smallest absolute Gasteiger partial charge is 0.326 e. The molecule has 112 valence electrons. The van der Waals surface area contributed by atoms with Crippen molar-refractivity contribution in [1.29, 1.82) is 0 Å². The van der Waals surface area contributed by atoms with Crippen molar-refractivity contribution in [2.45, 2.75) is 44.8 Å². The van der Waals surface area contributed by atoms with Gasteiger partial charge in [0, 0.05) is 31.9 Å². The first-order valence-electron chi connectivity index (χ1n) is 7.10. The summed E-state index contributed by atoms with van der Waals surface area (Å²) >= 11 is 0. The number of carboxylic acids is 1. The zero-order valence-electron chi connectivity index (χ0n) is 12.7. The van der Waals surface area contributed by atoms with Gasteiger partial charge in [-0.25, -0.2) is 4.79 Å². The molecule has 1 saturated heterocycles. The highest BCUT2D eigenvalue weighted by atomic mass is 16.4. The lowest BCUT2D eigenvalue weighted by Gasteiger charge is -2.33. The zero-order valence-corrected chi connectivity index (χ0v) is 12.7. The molecule has 1 aliphatic heterocycles. The highest BCUT2D eigenvalue weighted by Gasteiger charge is 2.39. The second kappa shape index (κ2) is 5.83. The molecule has 2 rings (SSSR count). The maximum absolute atomic E-state index is 11.5. The van der Waals surface area contributed by atoms with Gasteiger partial charge in [-0.05, 0) is 33.7 Å². The van der Waals surface area contributed by atoms with Crippen molar-refractivity contribution in [1.82, 2.24) is 14.7 Å². The molecule has 2 atom stereocenters. The van der Waals surface area contributed by atoms with Gasteiger partial charge >= 0.3 is 5.97 Å². The van der Waals surface area contributed by atoms with Crippen LogP contribution in [0.3, 0.4) is 0 Å². The van der Waals surface area contributed by atoms with Gasteiger partial charge in [-0.2, -0.15) is 5.10 Å². The minimum Gasteiger partial charge on any atom is -0.480 e. The Hall–Kier alpha value is -1.56. The van der Waals surface area contributed by atoms with Gasteiger partial charge in [-0.1, -0.05) is 0 Å². The van der Waals surface area contributed by atoms with E-state index in [1.807, 2.05) is 18.1 Å². The van der Waals surface area contributed by atoms with Crippen LogP contribution in [0.15, 0.2) is 12.4 Å². The molecule has 1 N–H and O–H groups in total. The zero-order chi connectivity index (χ0) is 14.9. The third kappa shape index (κ3) is 2.95. The third-order valence-corrected chi connectivity index (χ3v) is 4.16. The van der Waals surface area contributed by atoms with E-state index in [0.717, 1.165) is 18.7 Å². The van der Waals surface area contributed by atoms with Crippen LogP contribution in [0.1, 0.15) is 26.7 Å². The van der Waals surface area contributed by atoms with Crippen molar-refractivity contribution < 1.29 is 9.90 Å². The number of aromatic nitrogens is 2. The molecule has 0 amide bonds. The first-order chi connectivity index (χ1) is 9.40. The van der Waals surface area contributed by atoms with Gasteiger partial charge < -0.3 is 14.9 Å². The summed E-state index contributed by atoms with van der Waals surface area (Å²) in [5.41, 5.74) is 0.902. The number of aryl methyl sites for hydroxylation is 1. The molecule has 2 unspecified atom stereocenters. The van der Waals surface area contributed by atoms with Crippen molar-refractivity contribution >= 4 is 11.7 Å². The number of likely N-dealkylation sites (N-methyl/N-ethyl adjacent to an activating group) is 1. The molecule has 1 aromatic heterocycles. The molecule has 0 aromatic carbocycles. The molecule has 0 radical (unpaired) electrons. The lowest BCUT2D eigenvalue weighted by molar-refractivity contribution is -0.138. The number of rotatable bonds is 5. The predicted octanol–water partition coefficient (Wildman–Crippen LogP) is 1.18. The molecule has 2 heterocycles. The molecule has 1 aliphatic rings. The number of anilines is 1. The minimum absolute atomic E-state index is 0.229. The van der Waals surface area contributed by atoms with Gasteiger partial charge in [0.25, 0.3) is 0 Å². The van der Waals surface area contributed by atoms with Crippen molar-refractivity contribution in [3.63, 3.8) is 0 Å². The fourth-order valence-electron chi connectivity index (χ4n) is 2.78. The molecule has 20 heavy (non-hydrogen) atoms. The maximum atomic E-state index is 11.5. The number of carboxylic acid groups (broad SMARTS) is 1. The largest absolute Gasteiger partial charge is 0.480 e. The fourth-order valence-corrected chi connectivity index (χ4v) is 2.78. The Morgan fingerprint density at radius 1 is 1.55 bits per heavy atom. The minimum atomic E-state index is -0.747. The van der Waals surface area contributed by atoms with Gasteiger partial charge in [-0.3, -0.25) is 4.68 Å². The highest BCUT2D eigenvalue weighted by molar-refractivity contribution is 5.79. The highest BCUT2D eigenvalue weighted by Crippen LogP contribution is 2.31. The Morgan fingerprint density at radius 3 is 2.75 bits per heavy atom. The SMILES string of the molecule is CC(C)N(C)CC1CCC(C(=O)O)N1c1cnn(C)c1. The quantitative estimate of drug-likeness (QED) is 0.877. The van der Waals surface area contributed by atoms with E-state index in [0.29, 0.717) is 12.5 Å². The Labute approximate surface area is 120 Å². The Morgan fingerprint density at radius 2 is 2.25 bits per heavy atom. The number of aliphatic carboxylic acids is 1. The van der Waals surface area contributed by atoms with E-state index in [9.17, 15) is 9.90 Å². The van der Waals surface area contributed by atoms with Crippen LogP contribution in [-0.2, 0) is 11.8 Å². The predicted molar refractivity (Wildman–Crippen MR) is 77.9 cm³/mol. The van der Waals surface area contributed by atoms with Crippen molar-refractivity contribution in [2.24, 2.45) is 7.05 Å². The molecular weight excluding hydrogens is 256 g/mol. The molecule has 6 heteroatoms. The second-order valence-corrected chi connectivity index (χ2v) is 5.90. The van der Waals surface area contributed by atoms with E-state index in [-0.39, 0.29) is 6.04 Å². The van der Waals surface area contributed by atoms with E-state index < -0.39 is 12.0 Å². The van der Waals surface area contributed by atoms with Crippen molar-refractivity contribution in [3.05, 3.63) is 12.4 Å².